The van der Waals surface area contributed by atoms with Gasteiger partial charge in [0.05, 0.1) is 19.6 Å². The van der Waals surface area contributed by atoms with E-state index in [4.69, 9.17) is 9.47 Å². The Balaban J connectivity index is 1.72. The van der Waals surface area contributed by atoms with Crippen LogP contribution < -0.4 is 14.8 Å². The molecule has 0 saturated heterocycles. The Labute approximate surface area is 155 Å². The zero-order chi connectivity index (χ0) is 17.9. The van der Waals surface area contributed by atoms with Crippen molar-refractivity contribution >= 4 is 33.1 Å². The lowest BCUT2D eigenvalue weighted by Crippen LogP contribution is -1.96. The molecular weight excluding hydrogens is 346 g/mol. The van der Waals surface area contributed by atoms with Gasteiger partial charge in [0.25, 0.3) is 0 Å². The highest BCUT2D eigenvalue weighted by Crippen LogP contribution is 2.35. The lowest BCUT2D eigenvalue weighted by atomic mass is 10.0. The maximum Gasteiger partial charge on any atom is 0.142 e. The molecule has 6 heteroatoms. The molecule has 2 heterocycles. The van der Waals surface area contributed by atoms with Crippen molar-refractivity contribution in [2.75, 3.05) is 19.5 Å². The molecule has 2 aromatic carbocycles. The van der Waals surface area contributed by atoms with Gasteiger partial charge in [-0.25, -0.2) is 9.97 Å². The fourth-order valence-corrected chi connectivity index (χ4v) is 3.54. The van der Waals surface area contributed by atoms with Crippen molar-refractivity contribution in [3.05, 3.63) is 60.2 Å². The maximum absolute atomic E-state index is 5.54. The van der Waals surface area contributed by atoms with Gasteiger partial charge in [-0.05, 0) is 47.3 Å². The van der Waals surface area contributed by atoms with Gasteiger partial charge in [0.15, 0.2) is 0 Å². The highest BCUT2D eigenvalue weighted by Gasteiger charge is 2.10. The van der Waals surface area contributed by atoms with E-state index in [1.807, 2.05) is 47.8 Å². The Morgan fingerprint density at radius 2 is 1.77 bits per heavy atom. The van der Waals surface area contributed by atoms with Crippen molar-refractivity contribution in [1.29, 1.82) is 0 Å². The van der Waals surface area contributed by atoms with Crippen LogP contribution in [0.15, 0.2) is 60.2 Å². The Bertz CT molecular complexity index is 1040. The number of anilines is 2. The maximum atomic E-state index is 5.54. The highest BCUT2D eigenvalue weighted by molar-refractivity contribution is 7.16. The number of nitrogens with one attached hydrogen (secondary N) is 1. The van der Waals surface area contributed by atoms with Gasteiger partial charge in [-0.15, -0.1) is 11.3 Å². The van der Waals surface area contributed by atoms with E-state index in [0.29, 0.717) is 0 Å². The van der Waals surface area contributed by atoms with Crippen molar-refractivity contribution in [2.45, 2.75) is 0 Å². The monoisotopic (exact) mass is 363 g/mol. The number of ether oxygens (including phenoxy) is 2. The molecule has 0 bridgehead atoms. The van der Waals surface area contributed by atoms with Crippen molar-refractivity contribution in [3.63, 3.8) is 0 Å². The zero-order valence-electron chi connectivity index (χ0n) is 14.4. The minimum Gasteiger partial charge on any atom is -0.497 e. The van der Waals surface area contributed by atoms with Crippen LogP contribution in [0.5, 0.6) is 11.5 Å². The Hall–Kier alpha value is -3.12. The first kappa shape index (κ1) is 16.4. The summed E-state index contributed by atoms with van der Waals surface area (Å²) in [5.74, 6) is 2.43. The number of hydrogen-bond donors (Lipinski definition) is 1. The van der Waals surface area contributed by atoms with Crippen LogP contribution in [-0.2, 0) is 0 Å². The molecule has 0 aliphatic carbocycles. The van der Waals surface area contributed by atoms with Crippen LogP contribution in [0, 0.1) is 0 Å². The highest BCUT2D eigenvalue weighted by atomic mass is 32.1. The first-order valence-corrected chi connectivity index (χ1v) is 8.94. The molecule has 2 aromatic heterocycles. The lowest BCUT2D eigenvalue weighted by Gasteiger charge is -2.13. The number of rotatable bonds is 5. The van der Waals surface area contributed by atoms with E-state index < -0.39 is 0 Å². The summed E-state index contributed by atoms with van der Waals surface area (Å²) in [6, 6.07) is 15.9. The molecule has 0 spiro atoms. The SMILES string of the molecule is COc1ccc(-c2cc(Nc3ncnc4sccc34)ccc2OC)cc1. The van der Waals surface area contributed by atoms with Crippen LogP contribution in [0.25, 0.3) is 21.3 Å². The number of methoxy groups -OCH3 is 2. The average Bonchev–Trinajstić information content (AvgIpc) is 3.18. The van der Waals surface area contributed by atoms with Gasteiger partial charge in [-0.2, -0.15) is 0 Å². The van der Waals surface area contributed by atoms with E-state index in [0.717, 1.165) is 44.3 Å². The molecule has 0 amide bonds. The summed E-state index contributed by atoms with van der Waals surface area (Å²) in [5, 5.41) is 6.42. The summed E-state index contributed by atoms with van der Waals surface area (Å²) in [6.07, 6.45) is 1.58. The predicted molar refractivity (Wildman–Crippen MR) is 106 cm³/mol. The van der Waals surface area contributed by atoms with Crippen molar-refractivity contribution in [3.8, 4) is 22.6 Å². The van der Waals surface area contributed by atoms with Gasteiger partial charge in [0, 0.05) is 11.3 Å². The molecule has 0 aliphatic heterocycles. The standard InChI is InChI=1S/C20H17N3O2S/c1-24-15-6-3-13(4-7-15)17-11-14(5-8-18(17)25-2)23-19-16-9-10-26-20(16)22-12-21-19/h3-12H,1-2H3,(H,21,22,23). The Morgan fingerprint density at radius 1 is 0.923 bits per heavy atom. The first-order chi connectivity index (χ1) is 12.8. The fourth-order valence-electron chi connectivity index (χ4n) is 2.81. The molecule has 0 saturated carbocycles. The normalized spacial score (nSPS) is 10.7. The Morgan fingerprint density at radius 3 is 2.54 bits per heavy atom. The minimum atomic E-state index is 0.794. The van der Waals surface area contributed by atoms with Gasteiger partial charge in [0.2, 0.25) is 0 Å². The summed E-state index contributed by atoms with van der Waals surface area (Å²) in [7, 11) is 3.34. The first-order valence-electron chi connectivity index (χ1n) is 8.06. The molecule has 130 valence electrons. The fraction of sp³-hybridized carbons (Fsp3) is 0.100. The third-order valence-corrected chi connectivity index (χ3v) is 4.95. The molecule has 5 nitrogen and oxygen atoms in total. The summed E-state index contributed by atoms with van der Waals surface area (Å²) < 4.78 is 10.8. The largest absolute Gasteiger partial charge is 0.497 e. The van der Waals surface area contributed by atoms with Gasteiger partial charge in [0.1, 0.15) is 28.5 Å². The molecule has 0 radical (unpaired) electrons. The van der Waals surface area contributed by atoms with Crippen LogP contribution >= 0.6 is 11.3 Å². The van der Waals surface area contributed by atoms with Gasteiger partial charge in [-0.1, -0.05) is 12.1 Å². The number of hydrogen-bond acceptors (Lipinski definition) is 6. The second-order valence-electron chi connectivity index (χ2n) is 5.63. The van der Waals surface area contributed by atoms with E-state index in [1.165, 1.54) is 0 Å². The van der Waals surface area contributed by atoms with Crippen molar-refractivity contribution in [2.24, 2.45) is 0 Å². The zero-order valence-corrected chi connectivity index (χ0v) is 15.2. The van der Waals surface area contributed by atoms with Gasteiger partial charge >= 0.3 is 0 Å². The van der Waals surface area contributed by atoms with Gasteiger partial charge in [-0.3, -0.25) is 0 Å². The summed E-state index contributed by atoms with van der Waals surface area (Å²) in [6.45, 7) is 0. The van der Waals surface area contributed by atoms with E-state index in [2.05, 4.69) is 21.4 Å². The molecular formula is C20H17N3O2S. The summed E-state index contributed by atoms with van der Waals surface area (Å²) >= 11 is 1.60. The number of benzene rings is 2. The van der Waals surface area contributed by atoms with Crippen LogP contribution in [0.2, 0.25) is 0 Å². The molecule has 4 aromatic rings. The number of aromatic nitrogens is 2. The van der Waals surface area contributed by atoms with Crippen LogP contribution in [0.1, 0.15) is 0 Å². The molecule has 26 heavy (non-hydrogen) atoms. The van der Waals surface area contributed by atoms with E-state index >= 15 is 0 Å². The predicted octanol–water partition coefficient (Wildman–Crippen LogP) is 5.12. The summed E-state index contributed by atoms with van der Waals surface area (Å²) in [4.78, 5) is 9.63. The number of thiophene rings is 1. The summed E-state index contributed by atoms with van der Waals surface area (Å²) in [5.41, 5.74) is 2.98. The third-order valence-electron chi connectivity index (χ3n) is 4.12. The van der Waals surface area contributed by atoms with Gasteiger partial charge < -0.3 is 14.8 Å². The molecule has 0 fully saturated rings. The van der Waals surface area contributed by atoms with Crippen LogP contribution in [0.3, 0.4) is 0 Å². The van der Waals surface area contributed by atoms with E-state index in [-0.39, 0.29) is 0 Å². The number of fused-ring (bicyclic) bond motifs is 1. The molecule has 0 atom stereocenters. The topological polar surface area (TPSA) is 56.3 Å². The third kappa shape index (κ3) is 3.07. The minimum absolute atomic E-state index is 0.794. The number of nitrogens with zero attached hydrogens (tertiary/aromatic N) is 2. The smallest absolute Gasteiger partial charge is 0.142 e. The Kier molecular flexibility index (Phi) is 4.41. The lowest BCUT2D eigenvalue weighted by molar-refractivity contribution is 0.414. The van der Waals surface area contributed by atoms with Crippen molar-refractivity contribution in [1.82, 2.24) is 9.97 Å². The molecule has 1 N–H and O–H groups in total. The molecule has 0 unspecified atom stereocenters. The average molecular weight is 363 g/mol. The molecule has 4 rings (SSSR count). The van der Waals surface area contributed by atoms with Crippen LogP contribution in [-0.4, -0.2) is 24.2 Å². The second-order valence-corrected chi connectivity index (χ2v) is 6.52. The van der Waals surface area contributed by atoms with E-state index in [9.17, 15) is 0 Å². The van der Waals surface area contributed by atoms with E-state index in [1.54, 1.807) is 31.9 Å². The van der Waals surface area contributed by atoms with Crippen LogP contribution in [0.4, 0.5) is 11.5 Å². The van der Waals surface area contributed by atoms with Crippen molar-refractivity contribution < 1.29 is 9.47 Å². The second kappa shape index (κ2) is 7.01. The quantitative estimate of drug-likeness (QED) is 0.533. The molecule has 0 aliphatic rings.